The van der Waals surface area contributed by atoms with Gasteiger partial charge in [0.1, 0.15) is 12.4 Å². The van der Waals surface area contributed by atoms with Crippen LogP contribution in [0.25, 0.3) is 16.9 Å². The Kier molecular flexibility index (Phi) is 4.43. The van der Waals surface area contributed by atoms with Gasteiger partial charge in [-0.3, -0.25) is 9.36 Å². The number of ether oxygens (including phenoxy) is 1. The van der Waals surface area contributed by atoms with Gasteiger partial charge in [0.2, 0.25) is 0 Å². The van der Waals surface area contributed by atoms with Gasteiger partial charge < -0.3 is 4.74 Å². The van der Waals surface area contributed by atoms with Gasteiger partial charge >= 0.3 is 5.97 Å². The first-order valence-electron chi connectivity index (χ1n) is 7.23. The quantitative estimate of drug-likeness (QED) is 0.630. The molecule has 3 rings (SSSR count). The van der Waals surface area contributed by atoms with Crippen LogP contribution >= 0.6 is 15.9 Å². The van der Waals surface area contributed by atoms with Crippen molar-refractivity contribution in [1.29, 1.82) is 0 Å². The molecule has 1 atom stereocenters. The largest absolute Gasteiger partial charge is 0.467 e. The average Bonchev–Trinajstić information content (AvgIpc) is 3.02. The van der Waals surface area contributed by atoms with Gasteiger partial charge in [-0.2, -0.15) is 4.68 Å². The van der Waals surface area contributed by atoms with Crippen LogP contribution in [-0.4, -0.2) is 37.6 Å². The predicted molar refractivity (Wildman–Crippen MR) is 90.0 cm³/mol. The van der Waals surface area contributed by atoms with Crippen LogP contribution in [0.15, 0.2) is 39.9 Å². The minimum absolute atomic E-state index is 0.0998. The van der Waals surface area contributed by atoms with Crippen molar-refractivity contribution in [2.24, 2.45) is 0 Å². The topological polar surface area (TPSA) is 91.9 Å². The maximum atomic E-state index is 12.6. The Balaban J connectivity index is 2.13. The molecular weight excluding hydrogens is 378 g/mol. The van der Waals surface area contributed by atoms with E-state index in [4.69, 9.17) is 4.74 Å². The van der Waals surface area contributed by atoms with E-state index in [1.165, 1.54) is 22.7 Å². The number of aromatic nitrogens is 5. The predicted octanol–water partition coefficient (Wildman–Crippen LogP) is 1.86. The highest BCUT2D eigenvalue weighted by atomic mass is 79.9. The normalized spacial score (nSPS) is 12.3. The van der Waals surface area contributed by atoms with E-state index in [-0.39, 0.29) is 5.52 Å². The van der Waals surface area contributed by atoms with Crippen LogP contribution in [0.4, 0.5) is 0 Å². The van der Waals surface area contributed by atoms with Gasteiger partial charge in [-0.25, -0.2) is 9.78 Å². The summed E-state index contributed by atoms with van der Waals surface area (Å²) in [6.45, 7) is 1.79. The SMILES string of the molecule is CCC(C(=O)OC)n1cnc2c(nnn2-c2ccc(Br)cc2)c1=O. The van der Waals surface area contributed by atoms with Crippen molar-refractivity contribution in [2.45, 2.75) is 19.4 Å². The fraction of sp³-hybridized carbons (Fsp3) is 0.267. The summed E-state index contributed by atoms with van der Waals surface area (Å²) in [5.41, 5.74) is 0.729. The molecule has 0 saturated carbocycles. The van der Waals surface area contributed by atoms with E-state index >= 15 is 0 Å². The number of benzene rings is 1. The third kappa shape index (κ3) is 2.71. The van der Waals surface area contributed by atoms with Crippen molar-refractivity contribution in [3.63, 3.8) is 0 Å². The molecule has 0 aliphatic carbocycles. The first-order chi connectivity index (χ1) is 11.6. The molecule has 0 fully saturated rings. The van der Waals surface area contributed by atoms with Crippen LogP contribution < -0.4 is 5.56 Å². The first-order valence-corrected chi connectivity index (χ1v) is 8.02. The number of hydrogen-bond donors (Lipinski definition) is 0. The lowest BCUT2D eigenvalue weighted by Crippen LogP contribution is -2.30. The molecule has 1 aromatic carbocycles. The summed E-state index contributed by atoms with van der Waals surface area (Å²) in [5.74, 6) is -0.499. The number of nitrogens with zero attached hydrogens (tertiary/aromatic N) is 5. The summed E-state index contributed by atoms with van der Waals surface area (Å²) in [6.07, 6.45) is 1.73. The number of rotatable bonds is 4. The fourth-order valence-corrected chi connectivity index (χ4v) is 2.68. The van der Waals surface area contributed by atoms with E-state index < -0.39 is 17.6 Å². The highest BCUT2D eigenvalue weighted by Crippen LogP contribution is 2.17. The second-order valence-electron chi connectivity index (χ2n) is 5.05. The number of carbonyl (C=O) groups is 1. The van der Waals surface area contributed by atoms with Crippen molar-refractivity contribution in [3.05, 3.63) is 45.4 Å². The number of esters is 1. The molecule has 2 heterocycles. The van der Waals surface area contributed by atoms with Crippen LogP contribution in [-0.2, 0) is 9.53 Å². The van der Waals surface area contributed by atoms with Gasteiger partial charge in [0.05, 0.1) is 12.8 Å². The number of hydrogen-bond acceptors (Lipinski definition) is 6. The molecule has 1 unspecified atom stereocenters. The van der Waals surface area contributed by atoms with E-state index in [2.05, 4.69) is 31.2 Å². The van der Waals surface area contributed by atoms with Crippen LogP contribution in [0.5, 0.6) is 0 Å². The van der Waals surface area contributed by atoms with Gasteiger partial charge in [-0.05, 0) is 30.7 Å². The summed E-state index contributed by atoms with van der Waals surface area (Å²) in [4.78, 5) is 28.7. The van der Waals surface area contributed by atoms with Crippen LogP contribution in [0.1, 0.15) is 19.4 Å². The van der Waals surface area contributed by atoms with Crippen LogP contribution in [0.2, 0.25) is 0 Å². The Labute approximate surface area is 145 Å². The lowest BCUT2D eigenvalue weighted by atomic mass is 10.2. The summed E-state index contributed by atoms with van der Waals surface area (Å²) < 4.78 is 8.37. The summed E-state index contributed by atoms with van der Waals surface area (Å²) in [7, 11) is 1.28. The van der Waals surface area contributed by atoms with E-state index in [1.807, 2.05) is 24.3 Å². The van der Waals surface area contributed by atoms with Crippen molar-refractivity contribution in [3.8, 4) is 5.69 Å². The monoisotopic (exact) mass is 391 g/mol. The number of halogens is 1. The van der Waals surface area contributed by atoms with Gasteiger partial charge in [0.25, 0.3) is 5.56 Å². The molecule has 0 amide bonds. The van der Waals surface area contributed by atoms with Gasteiger partial charge in [0, 0.05) is 4.47 Å². The minimum Gasteiger partial charge on any atom is -0.467 e. The third-order valence-corrected chi connectivity index (χ3v) is 4.18. The van der Waals surface area contributed by atoms with Crippen LogP contribution in [0, 0.1) is 0 Å². The Morgan fingerprint density at radius 3 is 2.67 bits per heavy atom. The third-order valence-electron chi connectivity index (χ3n) is 3.66. The van der Waals surface area contributed by atoms with Gasteiger partial charge in [0.15, 0.2) is 11.2 Å². The molecule has 0 bridgehead atoms. The van der Waals surface area contributed by atoms with Crippen molar-refractivity contribution in [1.82, 2.24) is 24.5 Å². The second kappa shape index (κ2) is 6.52. The Morgan fingerprint density at radius 2 is 2.04 bits per heavy atom. The molecule has 9 heteroatoms. The van der Waals surface area contributed by atoms with E-state index in [1.54, 1.807) is 6.92 Å². The molecule has 24 heavy (non-hydrogen) atoms. The maximum Gasteiger partial charge on any atom is 0.329 e. The summed E-state index contributed by atoms with van der Waals surface area (Å²) in [6, 6.07) is 6.63. The molecule has 0 radical (unpaired) electrons. The molecular formula is C15H14BrN5O3. The van der Waals surface area contributed by atoms with Crippen molar-refractivity contribution >= 4 is 33.1 Å². The number of methoxy groups -OCH3 is 1. The fourth-order valence-electron chi connectivity index (χ4n) is 2.41. The zero-order valence-electron chi connectivity index (χ0n) is 13.0. The van der Waals surface area contributed by atoms with E-state index in [9.17, 15) is 9.59 Å². The molecule has 3 aromatic rings. The summed E-state index contributed by atoms with van der Waals surface area (Å²) in [5, 5.41) is 7.94. The summed E-state index contributed by atoms with van der Waals surface area (Å²) >= 11 is 3.37. The lowest BCUT2D eigenvalue weighted by molar-refractivity contribution is -0.144. The van der Waals surface area contributed by atoms with Gasteiger partial charge in [-0.15, -0.1) is 5.10 Å². The highest BCUT2D eigenvalue weighted by molar-refractivity contribution is 9.10. The molecule has 0 saturated heterocycles. The molecule has 8 nitrogen and oxygen atoms in total. The highest BCUT2D eigenvalue weighted by Gasteiger charge is 2.23. The lowest BCUT2D eigenvalue weighted by Gasteiger charge is -2.14. The number of carbonyl (C=O) groups excluding carboxylic acids is 1. The zero-order chi connectivity index (χ0) is 17.3. The molecule has 0 aliphatic rings. The average molecular weight is 392 g/mol. The molecule has 2 aromatic heterocycles. The second-order valence-corrected chi connectivity index (χ2v) is 5.97. The van der Waals surface area contributed by atoms with E-state index in [0.717, 1.165) is 10.2 Å². The molecule has 0 aliphatic heterocycles. The van der Waals surface area contributed by atoms with Crippen molar-refractivity contribution < 1.29 is 9.53 Å². The maximum absolute atomic E-state index is 12.6. The Bertz CT molecular complexity index is 948. The standard InChI is InChI=1S/C15H14BrN5O3/c1-3-11(15(23)24-2)20-8-17-13-12(14(20)22)18-19-21(13)10-6-4-9(16)5-7-10/h4-8,11H,3H2,1-2H3. The molecule has 0 spiro atoms. The van der Waals surface area contributed by atoms with Crippen LogP contribution in [0.3, 0.4) is 0 Å². The van der Waals surface area contributed by atoms with Crippen molar-refractivity contribution in [2.75, 3.05) is 7.11 Å². The molecule has 124 valence electrons. The number of fused-ring (bicyclic) bond motifs is 1. The van der Waals surface area contributed by atoms with Gasteiger partial charge in [-0.1, -0.05) is 28.1 Å². The first kappa shape index (κ1) is 16.3. The van der Waals surface area contributed by atoms with E-state index in [0.29, 0.717) is 12.1 Å². The zero-order valence-corrected chi connectivity index (χ0v) is 14.6. The molecule has 0 N–H and O–H groups in total. The smallest absolute Gasteiger partial charge is 0.329 e. The Morgan fingerprint density at radius 1 is 1.33 bits per heavy atom. The Hall–Kier alpha value is -2.55. The minimum atomic E-state index is -0.739.